The van der Waals surface area contributed by atoms with Crippen molar-refractivity contribution in [2.75, 3.05) is 20.7 Å². The molecule has 0 fully saturated rings. The summed E-state index contributed by atoms with van der Waals surface area (Å²) in [6.07, 6.45) is 0. The van der Waals surface area contributed by atoms with Crippen molar-refractivity contribution in [1.82, 2.24) is 0 Å². The zero-order valence-electron chi connectivity index (χ0n) is 5.44. The predicted octanol–water partition coefficient (Wildman–Crippen LogP) is 0.890. The third-order valence-electron chi connectivity index (χ3n) is 0.615. The van der Waals surface area contributed by atoms with E-state index in [0.29, 0.717) is 12.0 Å². The van der Waals surface area contributed by atoms with Gasteiger partial charge in [0.2, 0.25) is 0 Å². The lowest BCUT2D eigenvalue weighted by molar-refractivity contribution is -0.471. The molecule has 0 amide bonds. The normalized spacial score (nSPS) is 8.50. The smallest absolute Gasteiger partial charge is 0.436 e. The van der Waals surface area contributed by atoms with Gasteiger partial charge in [-0.05, 0) is 6.92 Å². The lowest BCUT2D eigenvalue weighted by Crippen LogP contribution is -2.10. The van der Waals surface area contributed by atoms with E-state index in [2.05, 4.69) is 0 Å². The van der Waals surface area contributed by atoms with E-state index in [1.165, 1.54) is 0 Å². The van der Waals surface area contributed by atoms with Gasteiger partial charge in [-0.15, -0.1) is 0 Å². The van der Waals surface area contributed by atoms with Crippen molar-refractivity contribution in [3.05, 3.63) is 0 Å². The van der Waals surface area contributed by atoms with Crippen LogP contribution in [-0.4, -0.2) is 30.6 Å². The molecule has 0 radical (unpaired) electrons. The van der Waals surface area contributed by atoms with Gasteiger partial charge in [-0.1, -0.05) is 0 Å². The molecule has 3 heteroatoms. The third kappa shape index (κ3) is 2.86. The van der Waals surface area contributed by atoms with Gasteiger partial charge in [-0.2, -0.15) is 4.58 Å². The fourth-order valence-corrected chi connectivity index (χ4v) is 0.357. The van der Waals surface area contributed by atoms with Crippen molar-refractivity contribution < 1.29 is 9.31 Å². The van der Waals surface area contributed by atoms with Crippen molar-refractivity contribution in [2.45, 2.75) is 6.92 Å². The van der Waals surface area contributed by atoms with Crippen LogP contribution >= 0.6 is 11.6 Å². The van der Waals surface area contributed by atoms with Gasteiger partial charge < -0.3 is 4.74 Å². The maximum absolute atomic E-state index is 5.54. The van der Waals surface area contributed by atoms with E-state index in [9.17, 15) is 0 Å². The molecule has 0 aliphatic heterocycles. The molecule has 0 heterocycles. The highest BCUT2D eigenvalue weighted by atomic mass is 35.5. The molecule has 0 aliphatic rings. The Morgan fingerprint density at radius 3 is 2.25 bits per heavy atom. The van der Waals surface area contributed by atoms with Crippen molar-refractivity contribution in [3.63, 3.8) is 0 Å². The Hall–Kier alpha value is -0.240. The van der Waals surface area contributed by atoms with Gasteiger partial charge in [0.05, 0.1) is 6.61 Å². The van der Waals surface area contributed by atoms with Gasteiger partial charge in [0.25, 0.3) is 0 Å². The zero-order valence-corrected chi connectivity index (χ0v) is 6.20. The Bertz CT molecular complexity index is 96.6. The quantitative estimate of drug-likeness (QED) is 0.296. The van der Waals surface area contributed by atoms with Crippen LogP contribution in [0.2, 0.25) is 0 Å². The Morgan fingerprint density at radius 1 is 1.62 bits per heavy atom. The third-order valence-corrected chi connectivity index (χ3v) is 1.06. The number of hydrogen-bond donors (Lipinski definition) is 0. The summed E-state index contributed by atoms with van der Waals surface area (Å²) in [5, 5.41) is 0.438. The average molecular weight is 137 g/mol. The second kappa shape index (κ2) is 3.72. The summed E-state index contributed by atoms with van der Waals surface area (Å²) in [6.45, 7) is 2.52. The van der Waals surface area contributed by atoms with Crippen LogP contribution in [0.15, 0.2) is 0 Å². The van der Waals surface area contributed by atoms with Crippen molar-refractivity contribution in [1.29, 1.82) is 0 Å². The molecule has 2 nitrogen and oxygen atoms in total. The monoisotopic (exact) mass is 136 g/mol. The molecule has 0 bridgehead atoms. The molecule has 0 saturated heterocycles. The van der Waals surface area contributed by atoms with Crippen LogP contribution in [0.25, 0.3) is 0 Å². The molecule has 48 valence electrons. The summed E-state index contributed by atoms with van der Waals surface area (Å²) in [5.41, 5.74) is 0. The van der Waals surface area contributed by atoms with E-state index in [0.717, 1.165) is 0 Å². The standard InChI is InChI=1S/C5H11ClNO/c1-4-8-5(6)7(2)3/h4H2,1-3H3/q+1. The molecule has 0 aromatic carbocycles. The zero-order chi connectivity index (χ0) is 6.57. The highest BCUT2D eigenvalue weighted by Gasteiger charge is 1.99. The molecular weight excluding hydrogens is 126 g/mol. The van der Waals surface area contributed by atoms with Gasteiger partial charge in [0.15, 0.2) is 0 Å². The van der Waals surface area contributed by atoms with Crippen LogP contribution in [0.5, 0.6) is 0 Å². The first-order chi connectivity index (χ1) is 3.68. The maximum Gasteiger partial charge on any atom is 0.438 e. The molecule has 0 aromatic heterocycles. The fourth-order valence-electron chi connectivity index (χ4n) is 0.248. The molecule has 0 saturated carbocycles. The first kappa shape index (κ1) is 7.76. The van der Waals surface area contributed by atoms with Crippen molar-refractivity contribution >= 4 is 17.0 Å². The number of halogens is 1. The van der Waals surface area contributed by atoms with E-state index >= 15 is 0 Å². The molecule has 0 aromatic rings. The first-order valence-corrected chi connectivity index (χ1v) is 2.88. The minimum absolute atomic E-state index is 0.438. The molecule has 0 unspecified atom stereocenters. The molecule has 0 aliphatic carbocycles. The van der Waals surface area contributed by atoms with E-state index in [-0.39, 0.29) is 0 Å². The van der Waals surface area contributed by atoms with Crippen LogP contribution in [0.1, 0.15) is 6.92 Å². The molecule has 0 N–H and O–H groups in total. The number of ether oxygens (including phenoxy) is 1. The minimum atomic E-state index is 0.438. The van der Waals surface area contributed by atoms with Gasteiger partial charge >= 0.3 is 5.36 Å². The van der Waals surface area contributed by atoms with Gasteiger partial charge in [-0.3, -0.25) is 0 Å². The summed E-state index contributed by atoms with van der Waals surface area (Å²) in [5.74, 6) is 0. The molecule has 0 spiro atoms. The van der Waals surface area contributed by atoms with Crippen molar-refractivity contribution in [2.24, 2.45) is 0 Å². The van der Waals surface area contributed by atoms with Gasteiger partial charge in [-0.25, -0.2) is 0 Å². The minimum Gasteiger partial charge on any atom is -0.436 e. The largest absolute Gasteiger partial charge is 0.438 e. The van der Waals surface area contributed by atoms with Gasteiger partial charge in [0.1, 0.15) is 14.1 Å². The fraction of sp³-hybridized carbons (Fsp3) is 0.800. The molecule has 0 rings (SSSR count). The topological polar surface area (TPSA) is 12.2 Å². The van der Waals surface area contributed by atoms with E-state index < -0.39 is 0 Å². The maximum atomic E-state index is 5.54. The van der Waals surface area contributed by atoms with Crippen LogP contribution in [0, 0.1) is 0 Å². The van der Waals surface area contributed by atoms with E-state index in [1.54, 1.807) is 4.58 Å². The summed E-state index contributed by atoms with van der Waals surface area (Å²) in [7, 11) is 3.66. The Balaban J connectivity index is 3.62. The molecule has 0 atom stereocenters. The van der Waals surface area contributed by atoms with E-state index in [4.69, 9.17) is 16.3 Å². The van der Waals surface area contributed by atoms with Crippen LogP contribution in [0.4, 0.5) is 0 Å². The number of nitrogens with zero attached hydrogens (tertiary/aromatic N) is 1. The second-order valence-corrected chi connectivity index (χ2v) is 1.90. The van der Waals surface area contributed by atoms with Gasteiger partial charge in [0, 0.05) is 11.6 Å². The summed E-state index contributed by atoms with van der Waals surface area (Å²) < 4.78 is 6.62. The SMILES string of the molecule is CCOC(Cl)=[N+](C)C. The Kier molecular flexibility index (Phi) is 3.61. The summed E-state index contributed by atoms with van der Waals surface area (Å²) >= 11 is 5.54. The van der Waals surface area contributed by atoms with Crippen LogP contribution in [0.3, 0.4) is 0 Å². The van der Waals surface area contributed by atoms with Crippen molar-refractivity contribution in [3.8, 4) is 0 Å². The average Bonchev–Trinajstić information content (AvgIpc) is 1.67. The Labute approximate surface area is 54.7 Å². The molecular formula is C5H11ClNO+. The Morgan fingerprint density at radius 2 is 2.12 bits per heavy atom. The summed E-state index contributed by atoms with van der Waals surface area (Å²) in [4.78, 5) is 0. The highest BCUT2D eigenvalue weighted by molar-refractivity contribution is 6.61. The molecule has 8 heavy (non-hydrogen) atoms. The summed E-state index contributed by atoms with van der Waals surface area (Å²) in [6, 6.07) is 0. The van der Waals surface area contributed by atoms with Crippen LogP contribution < -0.4 is 0 Å². The predicted molar refractivity (Wildman–Crippen MR) is 34.6 cm³/mol. The number of rotatable bonds is 1. The van der Waals surface area contributed by atoms with Crippen LogP contribution in [-0.2, 0) is 4.74 Å². The first-order valence-electron chi connectivity index (χ1n) is 2.51. The lowest BCUT2D eigenvalue weighted by Gasteiger charge is -1.93. The highest BCUT2D eigenvalue weighted by Crippen LogP contribution is 1.84. The number of hydrogen-bond acceptors (Lipinski definition) is 1. The lowest BCUT2D eigenvalue weighted by atomic mass is 10.9. The second-order valence-electron chi connectivity index (χ2n) is 1.58. The van der Waals surface area contributed by atoms with E-state index in [1.807, 2.05) is 21.0 Å².